The zero-order valence-corrected chi connectivity index (χ0v) is 13.5. The average Bonchev–Trinajstić information content (AvgIpc) is 3.16. The van der Waals surface area contributed by atoms with Crippen LogP contribution in [-0.4, -0.2) is 18.4 Å². The van der Waals surface area contributed by atoms with E-state index in [0.29, 0.717) is 10.0 Å². The third-order valence-corrected chi connectivity index (χ3v) is 4.42. The molecule has 2 atom stereocenters. The van der Waals surface area contributed by atoms with Crippen LogP contribution in [0.2, 0.25) is 10.0 Å². The predicted octanol–water partition coefficient (Wildman–Crippen LogP) is 2.72. The number of carbonyl (C=O) groups is 2. The summed E-state index contributed by atoms with van der Waals surface area (Å²) in [6.45, 7) is 3.64. The number of nitrogens with one attached hydrogen (secondary N) is 1. The van der Waals surface area contributed by atoms with Crippen molar-refractivity contribution >= 4 is 35.0 Å². The largest absolute Gasteiger partial charge is 0.369 e. The van der Waals surface area contributed by atoms with Gasteiger partial charge in [-0.2, -0.15) is 0 Å². The van der Waals surface area contributed by atoms with Crippen molar-refractivity contribution in [1.29, 1.82) is 0 Å². The zero-order valence-electron chi connectivity index (χ0n) is 12.0. The Balaban J connectivity index is 1.94. The van der Waals surface area contributed by atoms with Gasteiger partial charge < -0.3 is 11.1 Å². The van der Waals surface area contributed by atoms with Crippen molar-refractivity contribution in [3.05, 3.63) is 33.8 Å². The van der Waals surface area contributed by atoms with Gasteiger partial charge in [0.25, 0.3) is 0 Å². The maximum Gasteiger partial charge on any atom is 0.224 e. The number of amides is 2. The van der Waals surface area contributed by atoms with Crippen molar-refractivity contribution in [1.82, 2.24) is 5.32 Å². The molecule has 0 unspecified atom stereocenters. The molecular formula is C15H18Cl2N2O2. The van der Waals surface area contributed by atoms with Crippen LogP contribution in [0.25, 0.3) is 0 Å². The maximum atomic E-state index is 12.1. The second kappa shape index (κ2) is 5.85. The lowest BCUT2D eigenvalue weighted by atomic mass is 9.92. The third-order valence-electron chi connectivity index (χ3n) is 3.86. The van der Waals surface area contributed by atoms with Crippen LogP contribution in [-0.2, 0) is 9.59 Å². The van der Waals surface area contributed by atoms with Crippen LogP contribution in [0, 0.1) is 11.3 Å². The lowest BCUT2D eigenvalue weighted by molar-refractivity contribution is -0.127. The summed E-state index contributed by atoms with van der Waals surface area (Å²) >= 11 is 12.0. The van der Waals surface area contributed by atoms with Gasteiger partial charge in [0.2, 0.25) is 11.8 Å². The summed E-state index contributed by atoms with van der Waals surface area (Å²) < 4.78 is 0. The molecule has 2 rings (SSSR count). The van der Waals surface area contributed by atoms with Crippen molar-refractivity contribution in [3.8, 4) is 0 Å². The SMILES string of the molecule is CC(C)(CNC(=O)[C@@H]1C[C@@H]1c1ccc(Cl)cc1Cl)C(N)=O. The van der Waals surface area contributed by atoms with Crippen LogP contribution in [0.15, 0.2) is 18.2 Å². The molecule has 1 aliphatic rings. The Hall–Kier alpha value is -1.26. The van der Waals surface area contributed by atoms with Gasteiger partial charge in [0.05, 0.1) is 5.41 Å². The molecule has 6 heteroatoms. The van der Waals surface area contributed by atoms with Gasteiger partial charge in [-0.15, -0.1) is 0 Å². The molecular weight excluding hydrogens is 311 g/mol. The Morgan fingerprint density at radius 3 is 2.62 bits per heavy atom. The molecule has 0 aromatic heterocycles. The molecule has 1 fully saturated rings. The minimum atomic E-state index is -0.752. The first-order valence-corrected chi connectivity index (χ1v) is 7.50. The highest BCUT2D eigenvalue weighted by Crippen LogP contribution is 2.50. The standard InChI is InChI=1S/C15H18Cl2N2O2/c1-15(2,14(18)21)7-19-13(20)11-6-10(11)9-4-3-8(16)5-12(9)17/h3-5,10-11H,6-7H2,1-2H3,(H2,18,21)(H,19,20)/t10-,11-/m1/s1. The van der Waals surface area contributed by atoms with E-state index in [0.717, 1.165) is 12.0 Å². The molecule has 1 aromatic rings. The lowest BCUT2D eigenvalue weighted by Gasteiger charge is -2.20. The molecule has 0 saturated heterocycles. The Morgan fingerprint density at radius 2 is 2.05 bits per heavy atom. The summed E-state index contributed by atoms with van der Waals surface area (Å²) in [5, 5.41) is 3.95. The summed E-state index contributed by atoms with van der Waals surface area (Å²) in [6, 6.07) is 5.31. The summed E-state index contributed by atoms with van der Waals surface area (Å²) in [4.78, 5) is 23.3. The number of halogens is 2. The van der Waals surface area contributed by atoms with Crippen LogP contribution in [0.1, 0.15) is 31.7 Å². The monoisotopic (exact) mass is 328 g/mol. The van der Waals surface area contributed by atoms with Crippen molar-refractivity contribution in [2.75, 3.05) is 6.54 Å². The van der Waals surface area contributed by atoms with Crippen LogP contribution < -0.4 is 11.1 Å². The van der Waals surface area contributed by atoms with E-state index in [1.54, 1.807) is 26.0 Å². The first-order valence-electron chi connectivity index (χ1n) is 6.75. The second-order valence-corrected chi connectivity index (χ2v) is 6.92. The fourth-order valence-corrected chi connectivity index (χ4v) is 2.71. The van der Waals surface area contributed by atoms with Crippen LogP contribution >= 0.6 is 23.2 Å². The molecule has 1 aromatic carbocycles. The molecule has 114 valence electrons. The third kappa shape index (κ3) is 3.69. The molecule has 0 radical (unpaired) electrons. The highest BCUT2D eigenvalue weighted by Gasteiger charge is 2.45. The number of hydrogen-bond donors (Lipinski definition) is 2. The minimum absolute atomic E-state index is 0.0691. The van der Waals surface area contributed by atoms with Gasteiger partial charge in [-0.25, -0.2) is 0 Å². The van der Waals surface area contributed by atoms with E-state index in [-0.39, 0.29) is 24.3 Å². The van der Waals surface area contributed by atoms with Crippen LogP contribution in [0.4, 0.5) is 0 Å². The summed E-state index contributed by atoms with van der Waals surface area (Å²) in [6.07, 6.45) is 0.754. The van der Waals surface area contributed by atoms with Crippen molar-refractivity contribution < 1.29 is 9.59 Å². The zero-order chi connectivity index (χ0) is 15.8. The highest BCUT2D eigenvalue weighted by molar-refractivity contribution is 6.35. The number of primary amides is 1. The Morgan fingerprint density at radius 1 is 1.38 bits per heavy atom. The molecule has 21 heavy (non-hydrogen) atoms. The normalized spacial score (nSPS) is 21.0. The quantitative estimate of drug-likeness (QED) is 0.872. The number of hydrogen-bond acceptors (Lipinski definition) is 2. The fraction of sp³-hybridized carbons (Fsp3) is 0.467. The number of rotatable bonds is 5. The van der Waals surface area contributed by atoms with Gasteiger partial charge in [0, 0.05) is 22.5 Å². The molecule has 0 spiro atoms. The van der Waals surface area contributed by atoms with E-state index >= 15 is 0 Å². The van der Waals surface area contributed by atoms with Gasteiger partial charge in [0.1, 0.15) is 0 Å². The topological polar surface area (TPSA) is 72.2 Å². The minimum Gasteiger partial charge on any atom is -0.369 e. The Labute approximate surface area is 134 Å². The second-order valence-electron chi connectivity index (χ2n) is 6.08. The van der Waals surface area contributed by atoms with Crippen molar-refractivity contribution in [3.63, 3.8) is 0 Å². The Bertz CT molecular complexity index is 587. The predicted molar refractivity (Wildman–Crippen MR) is 83.3 cm³/mol. The van der Waals surface area contributed by atoms with Gasteiger partial charge in [-0.05, 0) is 43.9 Å². The summed E-state index contributed by atoms with van der Waals surface area (Å²) in [5.41, 5.74) is 5.47. The van der Waals surface area contributed by atoms with Crippen molar-refractivity contribution in [2.24, 2.45) is 17.1 Å². The summed E-state index contributed by atoms with van der Waals surface area (Å²) in [7, 11) is 0. The molecule has 0 bridgehead atoms. The smallest absolute Gasteiger partial charge is 0.224 e. The maximum absolute atomic E-state index is 12.1. The molecule has 2 amide bonds. The molecule has 0 heterocycles. The lowest BCUT2D eigenvalue weighted by Crippen LogP contribution is -2.42. The van der Waals surface area contributed by atoms with E-state index in [4.69, 9.17) is 28.9 Å². The van der Waals surface area contributed by atoms with E-state index in [1.165, 1.54) is 0 Å². The van der Waals surface area contributed by atoms with E-state index < -0.39 is 11.3 Å². The fourth-order valence-electron chi connectivity index (χ4n) is 2.16. The van der Waals surface area contributed by atoms with Crippen LogP contribution in [0.3, 0.4) is 0 Å². The number of benzene rings is 1. The molecule has 3 N–H and O–H groups in total. The van der Waals surface area contributed by atoms with Crippen molar-refractivity contribution in [2.45, 2.75) is 26.2 Å². The highest BCUT2D eigenvalue weighted by atomic mass is 35.5. The molecule has 4 nitrogen and oxygen atoms in total. The van der Waals surface area contributed by atoms with Gasteiger partial charge >= 0.3 is 0 Å². The van der Waals surface area contributed by atoms with Gasteiger partial charge in [-0.3, -0.25) is 9.59 Å². The average molecular weight is 329 g/mol. The molecule has 1 aliphatic carbocycles. The first-order chi connectivity index (χ1) is 9.72. The van der Waals surface area contributed by atoms with Gasteiger partial charge in [0.15, 0.2) is 0 Å². The molecule has 1 saturated carbocycles. The van der Waals surface area contributed by atoms with Crippen LogP contribution in [0.5, 0.6) is 0 Å². The number of carbonyl (C=O) groups excluding carboxylic acids is 2. The number of nitrogens with two attached hydrogens (primary N) is 1. The van der Waals surface area contributed by atoms with E-state index in [1.807, 2.05) is 6.07 Å². The molecule has 0 aliphatic heterocycles. The van der Waals surface area contributed by atoms with E-state index in [9.17, 15) is 9.59 Å². The van der Waals surface area contributed by atoms with Gasteiger partial charge in [-0.1, -0.05) is 29.3 Å². The summed E-state index contributed by atoms with van der Waals surface area (Å²) in [5.74, 6) is -0.491. The van der Waals surface area contributed by atoms with E-state index in [2.05, 4.69) is 5.32 Å². The Kier molecular flexibility index (Phi) is 4.49. The first kappa shape index (κ1) is 16.1.